The van der Waals surface area contributed by atoms with Gasteiger partial charge in [0.15, 0.2) is 0 Å². The molecule has 1 aromatic rings. The lowest BCUT2D eigenvalue weighted by Crippen LogP contribution is -2.43. The quantitative estimate of drug-likeness (QED) is 0.413. The molecule has 4 aliphatic rings. The monoisotopic (exact) mass is 489 g/mol. The van der Waals surface area contributed by atoms with E-state index in [4.69, 9.17) is 0 Å². The van der Waals surface area contributed by atoms with Gasteiger partial charge in [-0.25, -0.2) is 4.98 Å². The molecule has 2 heterocycles. The number of unbranched alkanes of at least 4 members (excludes halogenated alkanes) is 1. The fourth-order valence-electron chi connectivity index (χ4n) is 7.59. The van der Waals surface area contributed by atoms with Crippen molar-refractivity contribution in [1.82, 2.24) is 9.88 Å². The number of likely N-dealkylation sites (tertiary alicyclic amines) is 1. The zero-order chi connectivity index (χ0) is 21.6. The van der Waals surface area contributed by atoms with Crippen molar-refractivity contribution in [3.8, 4) is 0 Å². The molecule has 1 amide bonds. The minimum atomic E-state index is -0.776. The van der Waals surface area contributed by atoms with Crippen LogP contribution in [0.2, 0.25) is 0 Å². The fraction of sp³-hybridized carbons (Fsp3) is 0.708. The third-order valence-corrected chi connectivity index (χ3v) is 9.36. The van der Waals surface area contributed by atoms with Crippen LogP contribution in [0.3, 0.4) is 0 Å². The summed E-state index contributed by atoms with van der Waals surface area (Å²) in [7, 11) is 0. The number of carboxylic acid groups (broad SMARTS) is 1. The molecule has 1 aliphatic heterocycles. The van der Waals surface area contributed by atoms with Gasteiger partial charge in [-0.05, 0) is 116 Å². The number of carboxylic acids is 1. The van der Waals surface area contributed by atoms with Crippen molar-refractivity contribution in [2.75, 3.05) is 25.0 Å². The number of hydrogen-bond donors (Lipinski definition) is 2. The molecule has 6 nitrogen and oxygen atoms in total. The zero-order valence-electron chi connectivity index (χ0n) is 18.0. The molecule has 2 N–H and O–H groups in total. The van der Waals surface area contributed by atoms with E-state index in [-0.39, 0.29) is 22.7 Å². The van der Waals surface area contributed by atoms with E-state index in [1.165, 1.54) is 25.9 Å². The summed E-state index contributed by atoms with van der Waals surface area (Å²) in [5.74, 6) is -1.70. The van der Waals surface area contributed by atoms with Gasteiger partial charge in [-0.3, -0.25) is 9.59 Å². The highest BCUT2D eigenvalue weighted by atomic mass is 79.9. The van der Waals surface area contributed by atoms with E-state index >= 15 is 0 Å². The van der Waals surface area contributed by atoms with Gasteiger partial charge in [-0.15, -0.1) is 0 Å². The summed E-state index contributed by atoms with van der Waals surface area (Å²) in [4.78, 5) is 32.6. The normalized spacial score (nSPS) is 33.1. The fourth-order valence-corrected chi connectivity index (χ4v) is 7.82. The molecule has 2 bridgehead atoms. The van der Waals surface area contributed by atoms with Crippen molar-refractivity contribution in [3.05, 3.63) is 22.9 Å². The van der Waals surface area contributed by atoms with Gasteiger partial charge in [0.25, 0.3) is 0 Å². The van der Waals surface area contributed by atoms with Crippen LogP contribution in [0, 0.1) is 28.6 Å². The Labute approximate surface area is 192 Å². The SMILES string of the molecule is O=C(Nc1ccc(Br)nc1)[C@H]1[C@@H](C(=O)O)[C@@]2(CCCCN3CCCC3)CC[C@@H]1C21CC1. The van der Waals surface area contributed by atoms with Gasteiger partial charge in [0.05, 0.1) is 23.7 Å². The average molecular weight is 490 g/mol. The standard InChI is InChI=1S/C24H32BrN3O3/c25-18-6-5-16(15-26-18)27-21(29)19-17-7-9-24(20(19)22(30)31,23(17)10-11-23)8-1-2-12-28-13-3-4-14-28/h5-6,15,17,19-20H,1-4,7-14H2,(H,27,29)(H,30,31)/t17-,19+,20-,24+/m0/s1. The van der Waals surface area contributed by atoms with Crippen LogP contribution < -0.4 is 5.32 Å². The molecule has 5 rings (SSSR count). The number of carbonyl (C=O) groups is 2. The molecule has 7 heteroatoms. The van der Waals surface area contributed by atoms with E-state index in [0.29, 0.717) is 10.3 Å². The molecule has 0 aromatic carbocycles. The number of amides is 1. The van der Waals surface area contributed by atoms with Crippen molar-refractivity contribution in [3.63, 3.8) is 0 Å². The number of rotatable bonds is 8. The number of nitrogens with one attached hydrogen (secondary N) is 1. The number of aromatic nitrogens is 1. The van der Waals surface area contributed by atoms with Gasteiger partial charge in [-0.2, -0.15) is 0 Å². The first-order chi connectivity index (χ1) is 15.0. The lowest BCUT2D eigenvalue weighted by molar-refractivity contribution is -0.152. The molecule has 31 heavy (non-hydrogen) atoms. The summed E-state index contributed by atoms with van der Waals surface area (Å²) < 4.78 is 0.707. The smallest absolute Gasteiger partial charge is 0.307 e. The van der Waals surface area contributed by atoms with Crippen molar-refractivity contribution in [2.45, 2.75) is 57.8 Å². The predicted octanol–water partition coefficient (Wildman–Crippen LogP) is 4.56. The summed E-state index contributed by atoms with van der Waals surface area (Å²) in [6, 6.07) is 3.59. The maximum atomic E-state index is 13.3. The number of halogens is 1. The highest BCUT2D eigenvalue weighted by Crippen LogP contribution is 2.82. The second-order valence-corrected chi connectivity index (χ2v) is 11.0. The molecule has 4 fully saturated rings. The number of nitrogens with zero attached hydrogens (tertiary/aromatic N) is 2. The molecule has 1 saturated heterocycles. The van der Waals surface area contributed by atoms with Gasteiger partial charge in [0.2, 0.25) is 5.91 Å². The highest BCUT2D eigenvalue weighted by Gasteiger charge is 2.78. The summed E-state index contributed by atoms with van der Waals surface area (Å²) in [5.41, 5.74) is 0.516. The Morgan fingerprint density at radius 1 is 1.19 bits per heavy atom. The van der Waals surface area contributed by atoms with Gasteiger partial charge >= 0.3 is 5.97 Å². The van der Waals surface area contributed by atoms with E-state index < -0.39 is 17.8 Å². The molecule has 0 radical (unpaired) electrons. The Kier molecular flexibility index (Phi) is 5.62. The minimum absolute atomic E-state index is 0.0870. The van der Waals surface area contributed by atoms with Crippen LogP contribution in [0.15, 0.2) is 22.9 Å². The van der Waals surface area contributed by atoms with Gasteiger partial charge in [0.1, 0.15) is 4.60 Å². The number of anilines is 1. The number of aliphatic carboxylic acids is 1. The van der Waals surface area contributed by atoms with Crippen molar-refractivity contribution >= 4 is 33.5 Å². The van der Waals surface area contributed by atoms with Crippen molar-refractivity contribution in [2.24, 2.45) is 28.6 Å². The molecule has 0 unspecified atom stereocenters. The van der Waals surface area contributed by atoms with E-state index in [0.717, 1.165) is 51.5 Å². The van der Waals surface area contributed by atoms with Crippen LogP contribution in [0.4, 0.5) is 5.69 Å². The van der Waals surface area contributed by atoms with Crippen molar-refractivity contribution < 1.29 is 14.7 Å². The summed E-state index contributed by atoms with van der Waals surface area (Å²) in [6.45, 7) is 3.55. The van der Waals surface area contributed by atoms with Gasteiger partial charge < -0.3 is 15.3 Å². The minimum Gasteiger partial charge on any atom is -0.481 e. The second-order valence-electron chi connectivity index (χ2n) is 10.2. The van der Waals surface area contributed by atoms with E-state index in [2.05, 4.69) is 31.1 Å². The molecule has 1 spiro atoms. The Bertz CT molecular complexity index is 850. The first-order valence-corrected chi connectivity index (χ1v) is 12.6. The number of carbonyl (C=O) groups excluding carboxylic acids is 1. The molecular formula is C24H32BrN3O3. The van der Waals surface area contributed by atoms with Crippen LogP contribution in [-0.4, -0.2) is 46.5 Å². The Morgan fingerprint density at radius 3 is 2.61 bits per heavy atom. The van der Waals surface area contributed by atoms with Crippen LogP contribution in [0.25, 0.3) is 0 Å². The number of pyridine rings is 1. The molecule has 3 aliphatic carbocycles. The first-order valence-electron chi connectivity index (χ1n) is 11.8. The molecule has 3 saturated carbocycles. The molecular weight excluding hydrogens is 458 g/mol. The highest BCUT2D eigenvalue weighted by molar-refractivity contribution is 9.10. The molecule has 4 atom stereocenters. The van der Waals surface area contributed by atoms with Crippen LogP contribution in [-0.2, 0) is 9.59 Å². The van der Waals surface area contributed by atoms with Crippen molar-refractivity contribution in [1.29, 1.82) is 0 Å². The summed E-state index contributed by atoms with van der Waals surface area (Å²) >= 11 is 3.31. The summed E-state index contributed by atoms with van der Waals surface area (Å²) in [5, 5.41) is 13.3. The zero-order valence-corrected chi connectivity index (χ0v) is 19.6. The van der Waals surface area contributed by atoms with Crippen LogP contribution in [0.5, 0.6) is 0 Å². The molecule has 1 aromatic heterocycles. The largest absolute Gasteiger partial charge is 0.481 e. The average Bonchev–Trinajstić information content (AvgIpc) is 3.19. The Balaban J connectivity index is 1.32. The van der Waals surface area contributed by atoms with E-state index in [9.17, 15) is 14.7 Å². The van der Waals surface area contributed by atoms with Crippen LogP contribution >= 0.6 is 15.9 Å². The Hall–Kier alpha value is -1.47. The Morgan fingerprint density at radius 2 is 1.97 bits per heavy atom. The maximum Gasteiger partial charge on any atom is 0.307 e. The lowest BCUT2D eigenvalue weighted by atomic mass is 9.65. The summed E-state index contributed by atoms with van der Waals surface area (Å²) in [6.07, 6.45) is 11.5. The van der Waals surface area contributed by atoms with Gasteiger partial charge in [0, 0.05) is 0 Å². The van der Waals surface area contributed by atoms with Crippen LogP contribution in [0.1, 0.15) is 57.8 Å². The van der Waals surface area contributed by atoms with E-state index in [1.54, 1.807) is 18.3 Å². The van der Waals surface area contributed by atoms with Gasteiger partial charge in [-0.1, -0.05) is 6.42 Å². The third-order valence-electron chi connectivity index (χ3n) is 8.89. The maximum absolute atomic E-state index is 13.3. The topological polar surface area (TPSA) is 82.5 Å². The lowest BCUT2D eigenvalue weighted by Gasteiger charge is -2.38. The number of hydrogen-bond acceptors (Lipinski definition) is 4. The third kappa shape index (κ3) is 3.52. The van der Waals surface area contributed by atoms with E-state index in [1.807, 2.05) is 0 Å². The second kappa shape index (κ2) is 8.14. The predicted molar refractivity (Wildman–Crippen MR) is 122 cm³/mol. The molecule has 168 valence electrons. The first kappa shape index (κ1) is 21.4.